The topological polar surface area (TPSA) is 81.2 Å². The number of halogens is 3. The second-order valence-corrected chi connectivity index (χ2v) is 3.21. The van der Waals surface area contributed by atoms with E-state index < -0.39 is 29.1 Å². The maximum atomic E-state index is 12.6. The van der Waals surface area contributed by atoms with E-state index in [-0.39, 0.29) is 0 Å². The summed E-state index contributed by atoms with van der Waals surface area (Å²) in [6.45, 7) is -1.68. The molecule has 0 saturated heterocycles. The number of hydrogen-bond acceptors (Lipinski definition) is 4. The summed E-state index contributed by atoms with van der Waals surface area (Å²) in [7, 11) is 1.21. The Balaban J connectivity index is 3.26. The van der Waals surface area contributed by atoms with Crippen molar-refractivity contribution in [3.8, 4) is 0 Å². The van der Waals surface area contributed by atoms with Gasteiger partial charge >= 0.3 is 6.18 Å². The van der Waals surface area contributed by atoms with Crippen LogP contribution in [0.5, 0.6) is 0 Å². The van der Waals surface area contributed by atoms with E-state index >= 15 is 0 Å². The normalized spacial score (nSPS) is 15.8. The maximum absolute atomic E-state index is 12.6. The second kappa shape index (κ2) is 3.74. The van der Waals surface area contributed by atoms with Crippen LogP contribution < -0.4 is 0 Å². The van der Waals surface area contributed by atoms with Gasteiger partial charge in [0.05, 0.1) is 0 Å². The third kappa shape index (κ3) is 1.98. The summed E-state index contributed by atoms with van der Waals surface area (Å²) < 4.78 is 38.7. The number of aromatic nitrogens is 2. The predicted octanol–water partition coefficient (Wildman–Crippen LogP) is 0.447. The zero-order valence-electron chi connectivity index (χ0n) is 8.10. The van der Waals surface area contributed by atoms with Crippen molar-refractivity contribution in [2.45, 2.75) is 11.8 Å². The van der Waals surface area contributed by atoms with Crippen molar-refractivity contribution < 1.29 is 23.2 Å². The Morgan fingerprint density at radius 3 is 2.50 bits per heavy atom. The third-order valence-electron chi connectivity index (χ3n) is 2.02. The highest BCUT2D eigenvalue weighted by Gasteiger charge is 2.61. The van der Waals surface area contributed by atoms with Crippen LogP contribution in [0.3, 0.4) is 0 Å². The van der Waals surface area contributed by atoms with E-state index in [1.54, 1.807) is 0 Å². The highest BCUT2D eigenvalue weighted by Crippen LogP contribution is 2.37. The van der Waals surface area contributed by atoms with Crippen LogP contribution in [0.4, 0.5) is 13.2 Å². The van der Waals surface area contributed by atoms with Crippen LogP contribution in [-0.4, -0.2) is 32.3 Å². The van der Waals surface area contributed by atoms with Gasteiger partial charge in [0, 0.05) is 24.4 Å². The molecule has 1 aromatic heterocycles. The lowest BCUT2D eigenvalue weighted by atomic mass is 10.0. The smallest absolute Gasteiger partial charge is 0.369 e. The minimum absolute atomic E-state index is 0.809. The lowest BCUT2D eigenvalue weighted by molar-refractivity contribution is -0.519. The molecule has 0 unspecified atom stereocenters. The molecule has 0 bridgehead atoms. The Hall–Kier alpha value is -1.64. The summed E-state index contributed by atoms with van der Waals surface area (Å²) in [5.74, 6) is -0.809. The summed E-state index contributed by atoms with van der Waals surface area (Å²) >= 11 is 0. The Kier molecular flexibility index (Phi) is 2.91. The molecule has 1 aromatic rings. The van der Waals surface area contributed by atoms with Gasteiger partial charge in [-0.25, -0.2) is 4.98 Å². The fourth-order valence-electron chi connectivity index (χ4n) is 1.24. The van der Waals surface area contributed by atoms with E-state index in [4.69, 9.17) is 0 Å². The van der Waals surface area contributed by atoms with Gasteiger partial charge in [-0.15, -0.1) is 0 Å². The van der Waals surface area contributed by atoms with E-state index in [9.17, 15) is 28.4 Å². The summed E-state index contributed by atoms with van der Waals surface area (Å²) in [5, 5.41) is 19.6. The van der Waals surface area contributed by atoms with Crippen LogP contribution in [0, 0.1) is 10.1 Å². The molecule has 0 aliphatic carbocycles. The van der Waals surface area contributed by atoms with Crippen molar-refractivity contribution in [2.75, 3.05) is 6.54 Å². The van der Waals surface area contributed by atoms with Crippen LogP contribution >= 0.6 is 0 Å². The van der Waals surface area contributed by atoms with Crippen LogP contribution in [0.1, 0.15) is 5.82 Å². The van der Waals surface area contributed by atoms with E-state index in [2.05, 4.69) is 4.98 Å². The van der Waals surface area contributed by atoms with E-state index in [1.807, 2.05) is 0 Å². The van der Waals surface area contributed by atoms with Crippen molar-refractivity contribution in [3.05, 3.63) is 28.3 Å². The lowest BCUT2D eigenvalue weighted by Crippen LogP contribution is -2.49. The standard InChI is InChI=1S/C7H8F3N3O3/c1-12-3-2-11-5(12)6(14,4-13(15)16)7(8,9)10/h2-3,14H,4H2,1H3/t6-/m0/s1. The average molecular weight is 239 g/mol. The van der Waals surface area contributed by atoms with Gasteiger partial charge in [0.15, 0.2) is 5.82 Å². The van der Waals surface area contributed by atoms with Crippen molar-refractivity contribution >= 4 is 0 Å². The molecular weight excluding hydrogens is 231 g/mol. The Bertz CT molecular complexity index is 403. The summed E-state index contributed by atoms with van der Waals surface area (Å²) in [4.78, 5) is 12.2. The molecule has 1 N–H and O–H groups in total. The molecule has 90 valence electrons. The van der Waals surface area contributed by atoms with Crippen molar-refractivity contribution in [1.82, 2.24) is 9.55 Å². The van der Waals surface area contributed by atoms with Crippen LogP contribution in [0.2, 0.25) is 0 Å². The summed E-state index contributed by atoms with van der Waals surface area (Å²) in [6, 6.07) is 0. The van der Waals surface area contributed by atoms with Crippen molar-refractivity contribution in [3.63, 3.8) is 0 Å². The number of rotatable bonds is 3. The van der Waals surface area contributed by atoms with Crippen LogP contribution in [0.25, 0.3) is 0 Å². The fraction of sp³-hybridized carbons (Fsp3) is 0.571. The zero-order valence-corrected chi connectivity index (χ0v) is 8.10. The van der Waals surface area contributed by atoms with Crippen molar-refractivity contribution in [2.24, 2.45) is 7.05 Å². The monoisotopic (exact) mass is 239 g/mol. The number of nitro groups is 1. The van der Waals surface area contributed by atoms with E-state index in [0.29, 0.717) is 0 Å². The fourth-order valence-corrected chi connectivity index (χ4v) is 1.24. The highest BCUT2D eigenvalue weighted by molar-refractivity contribution is 5.08. The van der Waals surface area contributed by atoms with E-state index in [0.717, 1.165) is 17.0 Å². The Labute approximate surface area is 87.5 Å². The van der Waals surface area contributed by atoms with Crippen LogP contribution in [0.15, 0.2) is 12.4 Å². The molecule has 0 fully saturated rings. The molecule has 9 heteroatoms. The molecule has 0 aromatic carbocycles. The number of nitrogens with zero attached hydrogens (tertiary/aromatic N) is 3. The molecule has 0 saturated carbocycles. The van der Waals surface area contributed by atoms with Gasteiger partial charge in [-0.2, -0.15) is 13.2 Å². The summed E-state index contributed by atoms with van der Waals surface area (Å²) in [5.41, 5.74) is -3.57. The molecular formula is C7H8F3N3O3. The lowest BCUT2D eigenvalue weighted by Gasteiger charge is -2.25. The van der Waals surface area contributed by atoms with Gasteiger partial charge in [-0.05, 0) is 0 Å². The molecule has 0 spiro atoms. The maximum Gasteiger partial charge on any atom is 0.431 e. The zero-order chi connectivity index (χ0) is 12.6. The van der Waals surface area contributed by atoms with Gasteiger partial charge in [0.2, 0.25) is 6.54 Å². The highest BCUT2D eigenvalue weighted by atomic mass is 19.4. The number of imidazole rings is 1. The van der Waals surface area contributed by atoms with Gasteiger partial charge < -0.3 is 9.67 Å². The average Bonchev–Trinajstić information content (AvgIpc) is 2.48. The Morgan fingerprint density at radius 2 is 2.19 bits per heavy atom. The number of hydrogen-bond donors (Lipinski definition) is 1. The first-order valence-corrected chi connectivity index (χ1v) is 4.07. The first-order valence-electron chi connectivity index (χ1n) is 4.07. The molecule has 0 aliphatic rings. The van der Waals surface area contributed by atoms with Crippen molar-refractivity contribution in [1.29, 1.82) is 0 Å². The number of aliphatic hydroxyl groups is 1. The molecule has 0 radical (unpaired) electrons. The quantitative estimate of drug-likeness (QED) is 0.613. The number of aryl methyl sites for hydroxylation is 1. The van der Waals surface area contributed by atoms with Crippen LogP contribution in [-0.2, 0) is 12.6 Å². The van der Waals surface area contributed by atoms with Gasteiger partial charge in [0.25, 0.3) is 5.60 Å². The predicted molar refractivity (Wildman–Crippen MR) is 45.0 cm³/mol. The van der Waals surface area contributed by atoms with E-state index in [1.165, 1.54) is 7.05 Å². The van der Waals surface area contributed by atoms with Gasteiger partial charge in [-0.3, -0.25) is 10.1 Å². The SMILES string of the molecule is Cn1ccnc1[C@@](O)(C[N+](=O)[O-])C(F)(F)F. The molecule has 16 heavy (non-hydrogen) atoms. The molecule has 0 amide bonds. The minimum atomic E-state index is -5.17. The van der Waals surface area contributed by atoms with Gasteiger partial charge in [0.1, 0.15) is 0 Å². The summed E-state index contributed by atoms with van der Waals surface area (Å²) in [6.07, 6.45) is -2.99. The first kappa shape index (κ1) is 12.4. The van der Waals surface area contributed by atoms with Gasteiger partial charge in [-0.1, -0.05) is 0 Å². The Morgan fingerprint density at radius 1 is 1.62 bits per heavy atom. The minimum Gasteiger partial charge on any atom is -0.369 e. The molecule has 1 atom stereocenters. The molecule has 6 nitrogen and oxygen atoms in total. The molecule has 1 heterocycles. The third-order valence-corrected chi connectivity index (χ3v) is 2.02. The molecule has 1 rings (SSSR count). The number of alkyl halides is 3. The second-order valence-electron chi connectivity index (χ2n) is 3.21. The molecule has 0 aliphatic heterocycles. The largest absolute Gasteiger partial charge is 0.431 e. The first-order chi connectivity index (χ1) is 7.18.